The van der Waals surface area contributed by atoms with Gasteiger partial charge in [0.25, 0.3) is 0 Å². The Morgan fingerprint density at radius 2 is 1.89 bits per heavy atom. The lowest BCUT2D eigenvalue weighted by Crippen LogP contribution is -1.89. The summed E-state index contributed by atoms with van der Waals surface area (Å²) in [5.74, 6) is 1.14. The maximum Gasteiger partial charge on any atom is 0.314 e. The highest BCUT2D eigenvalue weighted by Gasteiger charge is 2.09. The number of halogens is 1. The van der Waals surface area contributed by atoms with Gasteiger partial charge < -0.3 is 4.42 Å². The Bertz CT molecular complexity index is 638. The smallest absolute Gasteiger partial charge is 0.314 e. The quantitative estimate of drug-likeness (QED) is 0.474. The first kappa shape index (κ1) is 13.5. The van der Waals surface area contributed by atoms with Crippen LogP contribution in [0.3, 0.4) is 0 Å². The van der Waals surface area contributed by atoms with E-state index in [1.807, 2.05) is 26.0 Å². The largest absolute Gasteiger partial charge is 0.456 e. The molecule has 0 bridgehead atoms. The number of hydrogen-bond donors (Lipinski definition) is 0. The van der Waals surface area contributed by atoms with Crippen molar-refractivity contribution >= 4 is 22.0 Å². The van der Waals surface area contributed by atoms with Crippen molar-refractivity contribution in [2.75, 3.05) is 0 Å². The molecule has 2 aromatic rings. The number of hydrogen-bond acceptors (Lipinski definition) is 3. The van der Waals surface area contributed by atoms with E-state index >= 15 is 0 Å². The van der Waals surface area contributed by atoms with Crippen molar-refractivity contribution in [1.29, 1.82) is 0 Å². The first-order chi connectivity index (χ1) is 8.95. The van der Waals surface area contributed by atoms with Crippen LogP contribution in [0, 0.1) is 24.0 Å². The molecule has 0 radical (unpaired) electrons. The standard InChI is InChI=1S/C14H12BrNO3/c1-9-5-10(2)7-11(6-9)13-4-3-12(19-13)8-14(15)16(17)18/h3-8H,1-2H3. The van der Waals surface area contributed by atoms with Gasteiger partial charge in [0.1, 0.15) is 11.5 Å². The summed E-state index contributed by atoms with van der Waals surface area (Å²) in [6.45, 7) is 4.03. The molecule has 1 aromatic carbocycles. The van der Waals surface area contributed by atoms with E-state index in [0.717, 1.165) is 16.7 Å². The second kappa shape index (κ2) is 5.40. The molecule has 0 aliphatic heterocycles. The Labute approximate surface area is 119 Å². The molecule has 0 saturated carbocycles. The summed E-state index contributed by atoms with van der Waals surface area (Å²) in [5.41, 5.74) is 3.26. The molecule has 2 rings (SSSR count). The van der Waals surface area contributed by atoms with E-state index in [0.29, 0.717) is 11.5 Å². The van der Waals surface area contributed by atoms with Crippen molar-refractivity contribution in [3.63, 3.8) is 0 Å². The summed E-state index contributed by atoms with van der Waals surface area (Å²) >= 11 is 2.87. The first-order valence-corrected chi connectivity index (χ1v) is 6.45. The zero-order valence-electron chi connectivity index (χ0n) is 10.5. The molecular weight excluding hydrogens is 310 g/mol. The molecule has 0 atom stereocenters. The van der Waals surface area contributed by atoms with Crippen LogP contribution in [0.5, 0.6) is 0 Å². The fourth-order valence-corrected chi connectivity index (χ4v) is 2.10. The lowest BCUT2D eigenvalue weighted by Gasteiger charge is -2.01. The third-order valence-electron chi connectivity index (χ3n) is 2.57. The number of furan rings is 1. The zero-order valence-corrected chi connectivity index (χ0v) is 12.1. The van der Waals surface area contributed by atoms with E-state index in [1.165, 1.54) is 6.08 Å². The van der Waals surface area contributed by atoms with Crippen LogP contribution in [0.1, 0.15) is 16.9 Å². The summed E-state index contributed by atoms with van der Waals surface area (Å²) in [6.07, 6.45) is 1.34. The third kappa shape index (κ3) is 3.32. The fourth-order valence-electron chi connectivity index (χ4n) is 1.87. The summed E-state index contributed by atoms with van der Waals surface area (Å²) in [4.78, 5) is 10.0. The number of aryl methyl sites for hydroxylation is 2. The van der Waals surface area contributed by atoms with Crippen LogP contribution >= 0.6 is 15.9 Å². The maximum absolute atomic E-state index is 10.5. The van der Waals surface area contributed by atoms with Gasteiger partial charge >= 0.3 is 4.61 Å². The number of nitrogens with zero attached hydrogens (tertiary/aromatic N) is 1. The molecule has 0 N–H and O–H groups in total. The molecule has 0 aliphatic rings. The van der Waals surface area contributed by atoms with Crippen LogP contribution in [0.25, 0.3) is 17.4 Å². The molecule has 5 heteroatoms. The highest BCUT2D eigenvalue weighted by Crippen LogP contribution is 2.26. The second-order valence-electron chi connectivity index (χ2n) is 4.30. The highest BCUT2D eigenvalue weighted by atomic mass is 79.9. The van der Waals surface area contributed by atoms with Gasteiger partial charge in [-0.2, -0.15) is 0 Å². The summed E-state index contributed by atoms with van der Waals surface area (Å²) < 4.78 is 5.46. The summed E-state index contributed by atoms with van der Waals surface area (Å²) in [6, 6.07) is 9.62. The minimum absolute atomic E-state index is 0.131. The van der Waals surface area contributed by atoms with Gasteiger partial charge in [-0.15, -0.1) is 0 Å². The molecule has 0 saturated heterocycles. The van der Waals surface area contributed by atoms with Crippen LogP contribution in [0.4, 0.5) is 0 Å². The van der Waals surface area contributed by atoms with Crippen molar-refractivity contribution < 1.29 is 9.34 Å². The van der Waals surface area contributed by atoms with Gasteiger partial charge in [-0.25, -0.2) is 0 Å². The maximum atomic E-state index is 10.5. The molecule has 1 aromatic heterocycles. The average Bonchev–Trinajstić information content (AvgIpc) is 2.76. The van der Waals surface area contributed by atoms with Crippen LogP contribution in [-0.2, 0) is 0 Å². The fraction of sp³-hybridized carbons (Fsp3) is 0.143. The van der Waals surface area contributed by atoms with Crippen molar-refractivity contribution in [3.05, 3.63) is 61.9 Å². The molecular formula is C14H12BrNO3. The highest BCUT2D eigenvalue weighted by molar-refractivity contribution is 9.11. The van der Waals surface area contributed by atoms with Gasteiger partial charge in [0, 0.05) is 21.5 Å². The van der Waals surface area contributed by atoms with Crippen LogP contribution in [-0.4, -0.2) is 4.92 Å². The molecule has 0 fully saturated rings. The molecule has 0 spiro atoms. The second-order valence-corrected chi connectivity index (χ2v) is 5.12. The Morgan fingerprint density at radius 3 is 2.47 bits per heavy atom. The molecule has 0 amide bonds. The monoisotopic (exact) mass is 321 g/mol. The lowest BCUT2D eigenvalue weighted by atomic mass is 10.1. The van der Waals surface area contributed by atoms with Gasteiger partial charge in [0.05, 0.1) is 11.0 Å². The predicted molar refractivity (Wildman–Crippen MR) is 77.5 cm³/mol. The minimum Gasteiger partial charge on any atom is -0.456 e. The van der Waals surface area contributed by atoms with Crippen LogP contribution in [0.15, 0.2) is 39.4 Å². The van der Waals surface area contributed by atoms with Gasteiger partial charge in [0.15, 0.2) is 0 Å². The normalized spacial score (nSPS) is 11.6. The van der Waals surface area contributed by atoms with Gasteiger partial charge in [-0.05, 0) is 38.1 Å². The molecule has 0 unspecified atom stereocenters. The molecule has 4 nitrogen and oxygen atoms in total. The Hall–Kier alpha value is -1.88. The van der Waals surface area contributed by atoms with E-state index in [-0.39, 0.29) is 4.61 Å². The third-order valence-corrected chi connectivity index (χ3v) is 3.09. The van der Waals surface area contributed by atoms with Crippen molar-refractivity contribution in [2.24, 2.45) is 0 Å². The Kier molecular flexibility index (Phi) is 3.85. The van der Waals surface area contributed by atoms with Crippen LogP contribution < -0.4 is 0 Å². The average molecular weight is 322 g/mol. The first-order valence-electron chi connectivity index (χ1n) is 5.66. The molecule has 19 heavy (non-hydrogen) atoms. The van der Waals surface area contributed by atoms with Crippen LogP contribution in [0.2, 0.25) is 0 Å². The van der Waals surface area contributed by atoms with Gasteiger partial charge in [-0.1, -0.05) is 17.2 Å². The summed E-state index contributed by atoms with van der Waals surface area (Å²) in [5, 5.41) is 10.5. The molecule has 98 valence electrons. The van der Waals surface area contributed by atoms with E-state index < -0.39 is 4.92 Å². The molecule has 0 aliphatic carbocycles. The Balaban J connectivity index is 2.36. The molecule has 1 heterocycles. The van der Waals surface area contributed by atoms with Crippen molar-refractivity contribution in [2.45, 2.75) is 13.8 Å². The number of nitro groups is 1. The van der Waals surface area contributed by atoms with E-state index in [1.54, 1.807) is 12.1 Å². The zero-order chi connectivity index (χ0) is 14.0. The van der Waals surface area contributed by atoms with Crippen molar-refractivity contribution in [1.82, 2.24) is 0 Å². The van der Waals surface area contributed by atoms with E-state index in [9.17, 15) is 10.1 Å². The number of benzene rings is 1. The minimum atomic E-state index is -0.515. The van der Waals surface area contributed by atoms with E-state index in [4.69, 9.17) is 4.42 Å². The van der Waals surface area contributed by atoms with Gasteiger partial charge in [-0.3, -0.25) is 10.1 Å². The Morgan fingerprint density at radius 1 is 1.26 bits per heavy atom. The van der Waals surface area contributed by atoms with Gasteiger partial charge in [0.2, 0.25) is 0 Å². The van der Waals surface area contributed by atoms with Crippen molar-refractivity contribution in [3.8, 4) is 11.3 Å². The lowest BCUT2D eigenvalue weighted by molar-refractivity contribution is -0.407. The number of rotatable bonds is 3. The van der Waals surface area contributed by atoms with E-state index in [2.05, 4.69) is 22.0 Å². The summed E-state index contributed by atoms with van der Waals surface area (Å²) in [7, 11) is 0. The SMILES string of the molecule is Cc1cc(C)cc(-c2ccc(C=C(Br)[N+](=O)[O-])o2)c1. The topological polar surface area (TPSA) is 56.3 Å². The predicted octanol–water partition coefficient (Wildman–Crippen LogP) is 4.53.